The van der Waals surface area contributed by atoms with Crippen LogP contribution in [0.5, 0.6) is 11.5 Å². The fraction of sp³-hybridized carbons (Fsp3) is 0.276. The monoisotopic (exact) mass is 505 g/mol. The van der Waals surface area contributed by atoms with Gasteiger partial charge in [0.05, 0.1) is 18.0 Å². The number of carbonyl (C=O) groups is 1. The molecule has 1 aliphatic carbocycles. The number of ether oxygens (including phenoxy) is 1. The van der Waals surface area contributed by atoms with Crippen molar-refractivity contribution in [2.24, 2.45) is 5.92 Å². The summed E-state index contributed by atoms with van der Waals surface area (Å²) in [5.41, 5.74) is 8.73. The lowest BCUT2D eigenvalue weighted by atomic mass is 10.1. The van der Waals surface area contributed by atoms with E-state index >= 15 is 0 Å². The van der Waals surface area contributed by atoms with Crippen LogP contribution in [0.15, 0.2) is 72.7 Å². The first-order chi connectivity index (χ1) is 18.6. The van der Waals surface area contributed by atoms with E-state index in [0.717, 1.165) is 37.0 Å². The maximum Gasteiger partial charge on any atom is 0.252 e. The van der Waals surface area contributed by atoms with Crippen LogP contribution in [0.3, 0.4) is 0 Å². The minimum absolute atomic E-state index is 0.0909. The molecule has 9 nitrogen and oxygen atoms in total. The van der Waals surface area contributed by atoms with Crippen LogP contribution < -0.4 is 10.5 Å². The molecule has 0 radical (unpaired) electrons. The van der Waals surface area contributed by atoms with Gasteiger partial charge in [0.1, 0.15) is 29.3 Å². The molecule has 2 aromatic carbocycles. The zero-order valence-corrected chi connectivity index (χ0v) is 20.8. The first-order valence-electron chi connectivity index (χ1n) is 12.8. The van der Waals surface area contributed by atoms with Crippen molar-refractivity contribution >= 4 is 22.8 Å². The highest BCUT2D eigenvalue weighted by Crippen LogP contribution is 2.36. The topological polar surface area (TPSA) is 104 Å². The summed E-state index contributed by atoms with van der Waals surface area (Å²) >= 11 is 0. The summed E-state index contributed by atoms with van der Waals surface area (Å²) in [6, 6.07) is 17.2. The minimum atomic E-state index is -0.198. The van der Waals surface area contributed by atoms with Gasteiger partial charge < -0.3 is 15.4 Å². The summed E-state index contributed by atoms with van der Waals surface area (Å²) in [5.74, 6) is 2.00. The summed E-state index contributed by atoms with van der Waals surface area (Å²) in [6.07, 6.45) is 7.04. The number of amides is 1. The van der Waals surface area contributed by atoms with Crippen molar-refractivity contribution in [3.05, 3.63) is 84.1 Å². The van der Waals surface area contributed by atoms with Gasteiger partial charge in [0.2, 0.25) is 5.70 Å². The normalized spacial score (nSPS) is 17.8. The number of benzene rings is 2. The molecule has 1 amide bonds. The van der Waals surface area contributed by atoms with E-state index < -0.39 is 0 Å². The molecule has 9 heteroatoms. The van der Waals surface area contributed by atoms with E-state index in [9.17, 15) is 4.79 Å². The molecule has 0 spiro atoms. The van der Waals surface area contributed by atoms with E-state index in [2.05, 4.69) is 14.8 Å². The van der Waals surface area contributed by atoms with Crippen molar-refractivity contribution in [1.82, 2.24) is 24.6 Å². The zero-order chi connectivity index (χ0) is 26.1. The maximum atomic E-state index is 13.1. The molecule has 190 valence electrons. The molecular weight excluding hydrogens is 478 g/mol. The highest BCUT2D eigenvalue weighted by atomic mass is 16.5. The maximum absolute atomic E-state index is 13.1. The van der Waals surface area contributed by atoms with Crippen LogP contribution in [0, 0.1) is 12.5 Å². The number of nitrogens with two attached hydrogens (primary N) is 1. The smallest absolute Gasteiger partial charge is 0.252 e. The molecule has 0 unspecified atom stereocenters. The van der Waals surface area contributed by atoms with Crippen LogP contribution in [0.25, 0.3) is 27.1 Å². The molecule has 2 aliphatic rings. The van der Waals surface area contributed by atoms with Gasteiger partial charge in [-0.05, 0) is 68.0 Å². The van der Waals surface area contributed by atoms with Crippen LogP contribution in [0.1, 0.15) is 31.7 Å². The van der Waals surface area contributed by atoms with Crippen LogP contribution in [0.2, 0.25) is 0 Å². The molecular formula is C29H27N7O2. The third-order valence-electron chi connectivity index (χ3n) is 7.01. The molecule has 1 aliphatic heterocycles. The van der Waals surface area contributed by atoms with Gasteiger partial charge in [0.25, 0.3) is 5.91 Å². The second-order valence-corrected chi connectivity index (χ2v) is 9.74. The lowest BCUT2D eigenvalue weighted by molar-refractivity contribution is -0.128. The van der Waals surface area contributed by atoms with Gasteiger partial charge in [-0.3, -0.25) is 4.79 Å². The number of allylic oxidation sites excluding steroid dienone is 1. The number of aromatic nitrogens is 4. The summed E-state index contributed by atoms with van der Waals surface area (Å²) < 4.78 is 7.81. The SMILES string of the molecule is [C-]#[N+]/C(=C\C1CC1)C(=O)N1CCC[C@H](n2nc(-c3ccc(Oc4ccccc4)cc3)c3c(N)ncnc32)C1. The molecule has 4 aromatic rings. The number of nitrogens with zero attached hydrogens (tertiary/aromatic N) is 6. The third kappa shape index (κ3) is 4.68. The predicted octanol–water partition coefficient (Wildman–Crippen LogP) is 5.24. The van der Waals surface area contributed by atoms with E-state index in [1.807, 2.05) is 65.4 Å². The lowest BCUT2D eigenvalue weighted by Gasteiger charge is -2.33. The zero-order valence-electron chi connectivity index (χ0n) is 20.8. The van der Waals surface area contributed by atoms with Crippen LogP contribution in [-0.4, -0.2) is 43.6 Å². The molecule has 2 aromatic heterocycles. The fourth-order valence-corrected chi connectivity index (χ4v) is 4.90. The number of carbonyl (C=O) groups excluding carboxylic acids is 1. The highest BCUT2D eigenvalue weighted by molar-refractivity contribution is 5.98. The molecule has 1 saturated carbocycles. The Labute approximate surface area is 220 Å². The van der Waals surface area contributed by atoms with Gasteiger partial charge in [-0.25, -0.2) is 19.5 Å². The number of likely N-dealkylation sites (tertiary alicyclic amines) is 1. The Morgan fingerprint density at radius 2 is 1.82 bits per heavy atom. The number of hydrogen-bond acceptors (Lipinski definition) is 6. The van der Waals surface area contributed by atoms with E-state index in [1.165, 1.54) is 6.33 Å². The highest BCUT2D eigenvalue weighted by Gasteiger charge is 2.31. The first kappa shape index (κ1) is 23.7. The molecule has 2 fully saturated rings. The number of piperidine rings is 1. The third-order valence-corrected chi connectivity index (χ3v) is 7.01. The Kier molecular flexibility index (Phi) is 6.22. The predicted molar refractivity (Wildman–Crippen MR) is 144 cm³/mol. The average Bonchev–Trinajstić information content (AvgIpc) is 3.69. The average molecular weight is 506 g/mol. The van der Waals surface area contributed by atoms with Crippen LogP contribution in [0.4, 0.5) is 5.82 Å². The quantitative estimate of drug-likeness (QED) is 0.284. The van der Waals surface area contributed by atoms with Crippen LogP contribution >= 0.6 is 0 Å². The van der Waals surface area contributed by atoms with Crippen molar-refractivity contribution in [3.8, 4) is 22.8 Å². The van der Waals surface area contributed by atoms with Gasteiger partial charge in [-0.2, -0.15) is 5.10 Å². The molecule has 1 saturated heterocycles. The standard InChI is InChI=1S/C29H27N7O2/c1-31-24(16-19-9-10-19)29(37)35-15-5-6-21(17-35)36-28-25(27(30)32-18-33-28)26(34-36)20-11-13-23(14-12-20)38-22-7-3-2-4-8-22/h2-4,7-8,11-14,16,18-19,21H,5-6,9-10,15,17H2,(H2,30,32,33)/b24-16-/t21-/m0/s1. The van der Waals surface area contributed by atoms with Gasteiger partial charge in [-0.1, -0.05) is 24.3 Å². The van der Waals surface area contributed by atoms with E-state index in [-0.39, 0.29) is 17.6 Å². The van der Waals surface area contributed by atoms with Crippen molar-refractivity contribution in [3.63, 3.8) is 0 Å². The first-order valence-corrected chi connectivity index (χ1v) is 12.8. The summed E-state index contributed by atoms with van der Waals surface area (Å²) in [4.78, 5) is 27.2. The largest absolute Gasteiger partial charge is 0.457 e. The molecule has 6 rings (SSSR count). The molecule has 2 N–H and O–H groups in total. The van der Waals surface area contributed by atoms with Gasteiger partial charge in [0.15, 0.2) is 5.65 Å². The van der Waals surface area contributed by atoms with Crippen molar-refractivity contribution in [2.75, 3.05) is 18.8 Å². The Hall–Kier alpha value is -4.71. The Balaban J connectivity index is 1.30. The number of rotatable bonds is 6. The Morgan fingerprint density at radius 1 is 1.05 bits per heavy atom. The van der Waals surface area contributed by atoms with Crippen molar-refractivity contribution in [1.29, 1.82) is 0 Å². The number of fused-ring (bicyclic) bond motifs is 1. The fourth-order valence-electron chi connectivity index (χ4n) is 4.90. The molecule has 0 bridgehead atoms. The van der Waals surface area contributed by atoms with E-state index in [1.54, 1.807) is 4.90 Å². The lowest BCUT2D eigenvalue weighted by Crippen LogP contribution is -2.41. The molecule has 1 atom stereocenters. The van der Waals surface area contributed by atoms with E-state index in [4.69, 9.17) is 22.1 Å². The summed E-state index contributed by atoms with van der Waals surface area (Å²) in [6.45, 7) is 8.59. The summed E-state index contributed by atoms with van der Waals surface area (Å²) in [5, 5.41) is 5.64. The Morgan fingerprint density at radius 3 is 2.55 bits per heavy atom. The van der Waals surface area contributed by atoms with E-state index in [0.29, 0.717) is 47.3 Å². The number of para-hydroxylation sites is 1. The Bertz CT molecular complexity index is 1550. The second kappa shape index (κ2) is 9.98. The van der Waals surface area contributed by atoms with Crippen LogP contribution in [-0.2, 0) is 4.79 Å². The van der Waals surface area contributed by atoms with Gasteiger partial charge in [0, 0.05) is 18.7 Å². The van der Waals surface area contributed by atoms with Crippen molar-refractivity contribution in [2.45, 2.75) is 31.7 Å². The summed E-state index contributed by atoms with van der Waals surface area (Å²) in [7, 11) is 0. The number of hydrogen-bond donors (Lipinski definition) is 1. The minimum Gasteiger partial charge on any atom is -0.457 e. The van der Waals surface area contributed by atoms with Gasteiger partial charge in [-0.15, -0.1) is 0 Å². The second-order valence-electron chi connectivity index (χ2n) is 9.74. The number of anilines is 1. The molecule has 38 heavy (non-hydrogen) atoms. The van der Waals surface area contributed by atoms with Crippen molar-refractivity contribution < 1.29 is 9.53 Å². The number of nitrogen functional groups attached to an aromatic ring is 1. The molecule has 3 heterocycles. The van der Waals surface area contributed by atoms with Gasteiger partial charge >= 0.3 is 0 Å².